The Morgan fingerprint density at radius 3 is 2.13 bits per heavy atom. The van der Waals surface area contributed by atoms with Gasteiger partial charge in [0, 0.05) is 18.5 Å². The molecule has 1 fully saturated rings. The molecule has 3 heteroatoms. The van der Waals surface area contributed by atoms with Crippen molar-refractivity contribution in [1.29, 1.82) is 0 Å². The molecule has 0 spiro atoms. The molecule has 0 aromatic carbocycles. The molecule has 0 aromatic rings. The van der Waals surface area contributed by atoms with E-state index in [1.807, 2.05) is 32.6 Å². The predicted molar refractivity (Wildman–Crippen MR) is 60.5 cm³/mol. The lowest BCUT2D eigenvalue weighted by molar-refractivity contribution is -0.143. The zero-order valence-corrected chi connectivity index (χ0v) is 10.3. The molecule has 1 rings (SSSR count). The van der Waals surface area contributed by atoms with Gasteiger partial charge >= 0.3 is 0 Å². The molecule has 1 heterocycles. The highest BCUT2D eigenvalue weighted by atomic mass is 16.3. The van der Waals surface area contributed by atoms with Crippen molar-refractivity contribution < 1.29 is 9.90 Å². The number of hydrogen-bond donors (Lipinski definition) is 1. The Labute approximate surface area is 92.5 Å². The van der Waals surface area contributed by atoms with Gasteiger partial charge in [0.1, 0.15) is 0 Å². The second kappa shape index (κ2) is 4.12. The molecule has 1 amide bonds. The third kappa shape index (κ3) is 2.94. The molecule has 0 aliphatic carbocycles. The van der Waals surface area contributed by atoms with Gasteiger partial charge in [0.25, 0.3) is 0 Å². The van der Waals surface area contributed by atoms with Crippen molar-refractivity contribution in [2.24, 2.45) is 5.41 Å². The molecule has 0 atom stereocenters. The van der Waals surface area contributed by atoms with Crippen molar-refractivity contribution in [2.45, 2.75) is 52.6 Å². The van der Waals surface area contributed by atoms with Crippen LogP contribution < -0.4 is 0 Å². The molecule has 0 bridgehead atoms. The highest BCUT2D eigenvalue weighted by Crippen LogP contribution is 2.28. The maximum atomic E-state index is 12.0. The fourth-order valence-corrected chi connectivity index (χ4v) is 1.95. The molecule has 88 valence electrons. The fourth-order valence-electron chi connectivity index (χ4n) is 1.95. The second-order valence-electron chi connectivity index (χ2n) is 5.62. The van der Waals surface area contributed by atoms with E-state index in [2.05, 4.69) is 0 Å². The van der Waals surface area contributed by atoms with Crippen molar-refractivity contribution in [1.82, 2.24) is 4.90 Å². The Bertz CT molecular complexity index is 234. The number of carbonyl (C=O) groups is 1. The molecule has 0 saturated carbocycles. The van der Waals surface area contributed by atoms with Gasteiger partial charge in [-0.3, -0.25) is 4.79 Å². The number of rotatable bonds is 1. The first-order valence-corrected chi connectivity index (χ1v) is 5.80. The first kappa shape index (κ1) is 12.5. The van der Waals surface area contributed by atoms with Gasteiger partial charge in [0.15, 0.2) is 0 Å². The average molecular weight is 213 g/mol. The molecule has 1 saturated heterocycles. The standard InChI is InChI=1S/C12H23NO2/c1-5-12(15)6-8-13(9-7-12)10(14)11(2,3)4/h15H,5-9H2,1-4H3. The van der Waals surface area contributed by atoms with E-state index >= 15 is 0 Å². The van der Waals surface area contributed by atoms with Gasteiger partial charge in [0.05, 0.1) is 5.60 Å². The van der Waals surface area contributed by atoms with Gasteiger partial charge in [-0.25, -0.2) is 0 Å². The maximum Gasteiger partial charge on any atom is 0.227 e. The van der Waals surface area contributed by atoms with Gasteiger partial charge in [0.2, 0.25) is 5.91 Å². The minimum absolute atomic E-state index is 0.195. The quantitative estimate of drug-likeness (QED) is 0.721. The van der Waals surface area contributed by atoms with Crippen LogP contribution in [0.3, 0.4) is 0 Å². The number of nitrogens with zero attached hydrogens (tertiary/aromatic N) is 1. The lowest BCUT2D eigenvalue weighted by Crippen LogP contribution is -2.49. The van der Waals surface area contributed by atoms with Crippen molar-refractivity contribution in [2.75, 3.05) is 13.1 Å². The number of aliphatic hydroxyl groups is 1. The predicted octanol–water partition coefficient (Wildman–Crippen LogP) is 1.80. The third-order valence-corrected chi connectivity index (χ3v) is 3.28. The topological polar surface area (TPSA) is 40.5 Å². The minimum atomic E-state index is -0.533. The zero-order chi connectivity index (χ0) is 11.7. The Balaban J connectivity index is 2.55. The van der Waals surface area contributed by atoms with E-state index in [-0.39, 0.29) is 11.3 Å². The minimum Gasteiger partial charge on any atom is -0.390 e. The van der Waals surface area contributed by atoms with Gasteiger partial charge in [-0.1, -0.05) is 27.7 Å². The molecule has 1 N–H and O–H groups in total. The summed E-state index contributed by atoms with van der Waals surface area (Å²) in [5, 5.41) is 10.0. The third-order valence-electron chi connectivity index (χ3n) is 3.28. The van der Waals surface area contributed by atoms with Crippen LogP contribution in [0, 0.1) is 5.41 Å². The lowest BCUT2D eigenvalue weighted by Gasteiger charge is -2.39. The monoisotopic (exact) mass is 213 g/mol. The lowest BCUT2D eigenvalue weighted by atomic mass is 9.87. The summed E-state index contributed by atoms with van der Waals surface area (Å²) < 4.78 is 0. The zero-order valence-electron chi connectivity index (χ0n) is 10.3. The van der Waals surface area contributed by atoms with Crippen molar-refractivity contribution in [3.63, 3.8) is 0 Å². The van der Waals surface area contributed by atoms with E-state index in [1.54, 1.807) is 0 Å². The molecule has 0 unspecified atom stereocenters. The fraction of sp³-hybridized carbons (Fsp3) is 0.917. The van der Waals surface area contributed by atoms with Crippen LogP contribution in [-0.2, 0) is 4.79 Å². The number of hydrogen-bond acceptors (Lipinski definition) is 2. The molecule has 3 nitrogen and oxygen atoms in total. The van der Waals surface area contributed by atoms with Crippen molar-refractivity contribution in [3.8, 4) is 0 Å². The molecule has 1 aliphatic heterocycles. The highest BCUT2D eigenvalue weighted by molar-refractivity contribution is 5.81. The molecular formula is C12H23NO2. The summed E-state index contributed by atoms with van der Waals surface area (Å²) in [7, 11) is 0. The van der Waals surface area contributed by atoms with Crippen molar-refractivity contribution in [3.05, 3.63) is 0 Å². The van der Waals surface area contributed by atoms with Gasteiger partial charge in [-0.2, -0.15) is 0 Å². The number of likely N-dealkylation sites (tertiary alicyclic amines) is 1. The van der Waals surface area contributed by atoms with E-state index in [1.165, 1.54) is 0 Å². The van der Waals surface area contributed by atoms with Crippen LogP contribution in [-0.4, -0.2) is 34.6 Å². The summed E-state index contributed by atoms with van der Waals surface area (Å²) in [4.78, 5) is 13.8. The van der Waals surface area contributed by atoms with Crippen LogP contribution in [0.2, 0.25) is 0 Å². The van der Waals surface area contributed by atoms with Crippen LogP contribution >= 0.6 is 0 Å². The summed E-state index contributed by atoms with van der Waals surface area (Å²) in [5.74, 6) is 0.195. The normalized spacial score (nSPS) is 21.5. The first-order valence-electron chi connectivity index (χ1n) is 5.80. The van der Waals surface area contributed by atoms with Crippen molar-refractivity contribution >= 4 is 5.91 Å². The summed E-state index contributed by atoms with van der Waals surface area (Å²) in [6.45, 7) is 9.21. The molecule has 1 aliphatic rings. The van der Waals surface area contributed by atoms with E-state index < -0.39 is 5.60 Å². The van der Waals surface area contributed by atoms with Gasteiger partial charge in [-0.15, -0.1) is 0 Å². The number of amides is 1. The van der Waals surface area contributed by atoms with E-state index in [0.29, 0.717) is 25.9 Å². The smallest absolute Gasteiger partial charge is 0.227 e. The molecule has 0 aromatic heterocycles. The van der Waals surface area contributed by atoms with Gasteiger partial charge in [-0.05, 0) is 19.3 Å². The maximum absolute atomic E-state index is 12.0. The van der Waals surface area contributed by atoms with Crippen LogP contribution in [0.5, 0.6) is 0 Å². The number of carbonyl (C=O) groups excluding carboxylic acids is 1. The first-order chi connectivity index (χ1) is 6.78. The number of piperidine rings is 1. The van der Waals surface area contributed by atoms with E-state index in [9.17, 15) is 9.90 Å². The SMILES string of the molecule is CCC1(O)CCN(C(=O)C(C)(C)C)CC1. The van der Waals surface area contributed by atoms with Crippen LogP contribution in [0.4, 0.5) is 0 Å². The van der Waals surface area contributed by atoms with Crippen LogP contribution in [0.15, 0.2) is 0 Å². The highest BCUT2D eigenvalue weighted by Gasteiger charge is 2.35. The summed E-state index contributed by atoms with van der Waals surface area (Å²) in [6.07, 6.45) is 2.21. The van der Waals surface area contributed by atoms with E-state index in [0.717, 1.165) is 6.42 Å². The molecule has 0 radical (unpaired) electrons. The second-order valence-corrected chi connectivity index (χ2v) is 5.62. The van der Waals surface area contributed by atoms with Gasteiger partial charge < -0.3 is 10.0 Å². The Morgan fingerprint density at radius 2 is 1.80 bits per heavy atom. The average Bonchev–Trinajstić information content (AvgIpc) is 2.17. The Hall–Kier alpha value is -0.570. The Morgan fingerprint density at radius 1 is 1.33 bits per heavy atom. The summed E-state index contributed by atoms with van der Waals surface area (Å²) in [6, 6.07) is 0. The molecule has 15 heavy (non-hydrogen) atoms. The van der Waals surface area contributed by atoms with Crippen LogP contribution in [0.1, 0.15) is 47.0 Å². The van der Waals surface area contributed by atoms with E-state index in [4.69, 9.17) is 0 Å². The molecular weight excluding hydrogens is 190 g/mol. The summed E-state index contributed by atoms with van der Waals surface area (Å²) >= 11 is 0. The Kier molecular flexibility index (Phi) is 3.44. The summed E-state index contributed by atoms with van der Waals surface area (Å²) in [5.41, 5.74) is -0.837. The largest absolute Gasteiger partial charge is 0.390 e. The van der Waals surface area contributed by atoms with Crippen LogP contribution in [0.25, 0.3) is 0 Å².